The van der Waals surface area contributed by atoms with Gasteiger partial charge in [-0.2, -0.15) is 0 Å². The quantitative estimate of drug-likeness (QED) is 0.0644. The van der Waals surface area contributed by atoms with Gasteiger partial charge in [-0.15, -0.1) is 0 Å². The van der Waals surface area contributed by atoms with Crippen LogP contribution in [0.25, 0.3) is 10.8 Å². The summed E-state index contributed by atoms with van der Waals surface area (Å²) in [6, 6.07) is 7.83. The summed E-state index contributed by atoms with van der Waals surface area (Å²) in [6.07, 6.45) is 28.3. The summed E-state index contributed by atoms with van der Waals surface area (Å²) >= 11 is 0. The molecule has 0 atom stereocenters. The molecule has 0 N–H and O–H groups in total. The molecule has 0 aliphatic carbocycles. The van der Waals surface area contributed by atoms with Crippen LogP contribution in [0.4, 0.5) is 0 Å². The molecule has 42 heavy (non-hydrogen) atoms. The second kappa shape index (κ2) is 23.9. The third kappa shape index (κ3) is 14.6. The van der Waals surface area contributed by atoms with Crippen molar-refractivity contribution in [2.24, 2.45) is 0 Å². The van der Waals surface area contributed by atoms with Gasteiger partial charge in [-0.3, -0.25) is 0 Å². The number of unbranched alkanes of at least 4 members (excludes halogenated alkanes) is 18. The van der Waals surface area contributed by atoms with E-state index in [1.165, 1.54) is 120 Å². The average molecular weight is 609 g/mol. The van der Waals surface area contributed by atoms with Crippen LogP contribution in [0, 0.1) is 0 Å². The van der Waals surface area contributed by atoms with E-state index >= 15 is 0 Å². The number of fused-ring (bicyclic) bond motifs is 1. The summed E-state index contributed by atoms with van der Waals surface area (Å²) in [7, 11) is -4.59. The molecule has 0 amide bonds. The fraction of sp³-hybridized carbons (Fsp3) is 0.730. The van der Waals surface area contributed by atoms with Crippen LogP contribution in [0.15, 0.2) is 29.2 Å². The van der Waals surface area contributed by atoms with Crippen molar-refractivity contribution in [1.82, 2.24) is 0 Å². The summed E-state index contributed by atoms with van der Waals surface area (Å²) in [4.78, 5) is 0.0837. The molecule has 0 aliphatic rings. The van der Waals surface area contributed by atoms with Crippen molar-refractivity contribution in [1.29, 1.82) is 0 Å². The zero-order valence-electron chi connectivity index (χ0n) is 27.9. The van der Waals surface area contributed by atoms with Gasteiger partial charge in [-0.25, -0.2) is 8.42 Å². The van der Waals surface area contributed by atoms with E-state index in [9.17, 15) is 13.0 Å². The molecule has 0 heterocycles. The van der Waals surface area contributed by atoms with Crippen molar-refractivity contribution < 1.29 is 42.5 Å². The molecular formula is C37H61NaO3S. The summed E-state index contributed by atoms with van der Waals surface area (Å²) in [5.41, 5.74) is 3.38. The molecule has 0 fully saturated rings. The average Bonchev–Trinajstić information content (AvgIpc) is 2.95. The van der Waals surface area contributed by atoms with Crippen LogP contribution in [0.3, 0.4) is 0 Å². The van der Waals surface area contributed by atoms with Crippen molar-refractivity contribution in [2.75, 3.05) is 0 Å². The predicted octanol–water partition coefficient (Wildman–Crippen LogP) is 8.63. The molecule has 2 aromatic rings. The molecule has 0 radical (unpaired) electrons. The van der Waals surface area contributed by atoms with Crippen molar-refractivity contribution >= 4 is 20.9 Å². The number of rotatable bonds is 25. The van der Waals surface area contributed by atoms with Crippen LogP contribution in [-0.2, 0) is 29.4 Å². The molecule has 3 nitrogen and oxygen atoms in total. The standard InChI is InChI=1S/C37H62O3S.Na/c1-4-7-10-13-16-19-22-27-32-33(28-23-20-17-14-11-8-5-2)35(30-24-21-18-15-12-9-6-3)37(41(38,39)40)36-31-26-25-29-34(32)36;/h25-26,29,31H,4-24,27-28,30H2,1-3H3,(H,38,39,40);/q;+1/p-1. The Bertz CT molecular complexity index is 1080. The summed E-state index contributed by atoms with van der Waals surface area (Å²) < 4.78 is 38.5. The Kier molecular flexibility index (Phi) is 22.6. The molecule has 0 aliphatic heterocycles. The van der Waals surface area contributed by atoms with Gasteiger partial charge in [0.1, 0.15) is 10.1 Å². The smallest absolute Gasteiger partial charge is 0.744 e. The first-order valence-corrected chi connectivity index (χ1v) is 18.9. The second-order valence-electron chi connectivity index (χ2n) is 12.4. The first kappa shape index (κ1) is 39.6. The topological polar surface area (TPSA) is 57.2 Å². The third-order valence-electron chi connectivity index (χ3n) is 8.84. The Labute approximate surface area is 282 Å². The van der Waals surface area contributed by atoms with Crippen LogP contribution in [0.2, 0.25) is 0 Å². The molecule has 0 spiro atoms. The fourth-order valence-corrected chi connectivity index (χ4v) is 7.48. The first-order valence-electron chi connectivity index (χ1n) is 17.5. The van der Waals surface area contributed by atoms with Gasteiger partial charge in [0, 0.05) is 0 Å². The Hall–Kier alpha value is -0.390. The van der Waals surface area contributed by atoms with Gasteiger partial charge < -0.3 is 4.55 Å². The maximum atomic E-state index is 12.8. The van der Waals surface area contributed by atoms with E-state index in [2.05, 4.69) is 26.8 Å². The Morgan fingerprint density at radius 2 is 0.810 bits per heavy atom. The minimum Gasteiger partial charge on any atom is -0.744 e. The van der Waals surface area contributed by atoms with E-state index in [1.54, 1.807) is 0 Å². The first-order chi connectivity index (χ1) is 20.0. The van der Waals surface area contributed by atoms with E-state index < -0.39 is 10.1 Å². The van der Waals surface area contributed by atoms with Crippen LogP contribution < -0.4 is 29.6 Å². The normalized spacial score (nSPS) is 11.7. The van der Waals surface area contributed by atoms with Gasteiger partial charge >= 0.3 is 29.6 Å². The van der Waals surface area contributed by atoms with Crippen LogP contribution >= 0.6 is 0 Å². The Morgan fingerprint density at radius 1 is 0.476 bits per heavy atom. The number of hydrogen-bond donors (Lipinski definition) is 0. The van der Waals surface area contributed by atoms with E-state index in [-0.39, 0.29) is 34.5 Å². The van der Waals surface area contributed by atoms with E-state index in [0.717, 1.165) is 49.5 Å². The number of aryl methyl sites for hydroxylation is 1. The third-order valence-corrected chi connectivity index (χ3v) is 9.81. The van der Waals surface area contributed by atoms with Gasteiger partial charge in [0.25, 0.3) is 0 Å². The van der Waals surface area contributed by atoms with E-state index in [0.29, 0.717) is 11.8 Å². The SMILES string of the molecule is CCCCCCCCCc1c(CCCCCCCCC)c(S(=O)(=O)[O-])c2ccccc2c1CCCCCCCCC.[Na+]. The Morgan fingerprint density at radius 3 is 1.21 bits per heavy atom. The van der Waals surface area contributed by atoms with Gasteiger partial charge in [-0.05, 0) is 66.0 Å². The van der Waals surface area contributed by atoms with Gasteiger partial charge in [0.15, 0.2) is 0 Å². The molecule has 0 unspecified atom stereocenters. The largest absolute Gasteiger partial charge is 1.00 e. The number of benzene rings is 2. The van der Waals surface area contributed by atoms with Gasteiger partial charge in [0.05, 0.1) is 4.90 Å². The van der Waals surface area contributed by atoms with Crippen LogP contribution in [-0.4, -0.2) is 13.0 Å². The second-order valence-corrected chi connectivity index (χ2v) is 13.7. The minimum atomic E-state index is -4.59. The molecule has 0 saturated carbocycles. The monoisotopic (exact) mass is 608 g/mol. The molecule has 5 heteroatoms. The zero-order chi connectivity index (χ0) is 29.8. The Balaban J connectivity index is 0.00000882. The van der Waals surface area contributed by atoms with Crippen molar-refractivity contribution in [2.45, 2.75) is 180 Å². The molecule has 0 aromatic heterocycles. The predicted molar refractivity (Wildman–Crippen MR) is 177 cm³/mol. The molecule has 2 rings (SSSR count). The van der Waals surface area contributed by atoms with Gasteiger partial charge in [-0.1, -0.05) is 161 Å². The summed E-state index contributed by atoms with van der Waals surface area (Å²) in [5, 5.41) is 1.65. The number of hydrogen-bond acceptors (Lipinski definition) is 3. The maximum Gasteiger partial charge on any atom is 1.00 e. The minimum absolute atomic E-state index is 0. The van der Waals surface area contributed by atoms with Crippen LogP contribution in [0.1, 0.15) is 172 Å². The van der Waals surface area contributed by atoms with Crippen LogP contribution in [0.5, 0.6) is 0 Å². The molecule has 234 valence electrons. The van der Waals surface area contributed by atoms with E-state index in [4.69, 9.17) is 0 Å². The molecule has 0 saturated heterocycles. The van der Waals surface area contributed by atoms with Crippen molar-refractivity contribution in [3.63, 3.8) is 0 Å². The molecule has 2 aromatic carbocycles. The fourth-order valence-electron chi connectivity index (χ4n) is 6.50. The summed E-state index contributed by atoms with van der Waals surface area (Å²) in [6.45, 7) is 6.75. The summed E-state index contributed by atoms with van der Waals surface area (Å²) in [5.74, 6) is 0. The van der Waals surface area contributed by atoms with Crippen molar-refractivity contribution in [3.8, 4) is 0 Å². The van der Waals surface area contributed by atoms with Gasteiger partial charge in [0.2, 0.25) is 0 Å². The van der Waals surface area contributed by atoms with E-state index in [1.807, 2.05) is 18.2 Å². The molecular weight excluding hydrogens is 547 g/mol. The molecule has 0 bridgehead atoms. The van der Waals surface area contributed by atoms with Crippen molar-refractivity contribution in [3.05, 3.63) is 41.0 Å². The zero-order valence-corrected chi connectivity index (χ0v) is 30.7. The maximum absolute atomic E-state index is 12.8.